The zero-order valence-corrected chi connectivity index (χ0v) is 13.2. The molecule has 0 spiro atoms. The summed E-state index contributed by atoms with van der Waals surface area (Å²) >= 11 is 5.00. The topological polar surface area (TPSA) is 51.0 Å². The van der Waals surface area contributed by atoms with E-state index in [1.165, 1.54) is 5.56 Å². The van der Waals surface area contributed by atoms with Crippen LogP contribution in [0.4, 0.5) is 5.69 Å². The summed E-state index contributed by atoms with van der Waals surface area (Å²) in [4.78, 5) is 5.37. The Balaban J connectivity index is 1.68. The molecule has 6 heteroatoms. The Morgan fingerprint density at radius 2 is 2.25 bits per heavy atom. The van der Waals surface area contributed by atoms with E-state index in [4.69, 9.17) is 4.52 Å². The van der Waals surface area contributed by atoms with Crippen LogP contribution >= 0.6 is 27.3 Å². The largest absolute Gasteiger partial charge is 0.376 e. The zero-order chi connectivity index (χ0) is 13.9. The highest BCUT2D eigenvalue weighted by molar-refractivity contribution is 9.10. The number of aromatic nitrogens is 2. The Morgan fingerprint density at radius 1 is 1.35 bits per heavy atom. The molecule has 0 atom stereocenters. The molecule has 3 aromatic rings. The summed E-state index contributed by atoms with van der Waals surface area (Å²) in [5, 5.41) is 9.26. The molecule has 1 aromatic carbocycles. The van der Waals surface area contributed by atoms with E-state index >= 15 is 0 Å². The van der Waals surface area contributed by atoms with Crippen LogP contribution in [0.25, 0.3) is 10.7 Å². The third-order valence-corrected chi connectivity index (χ3v) is 4.40. The zero-order valence-electron chi connectivity index (χ0n) is 10.8. The molecule has 2 aromatic heterocycles. The minimum absolute atomic E-state index is 0.517. The van der Waals surface area contributed by atoms with E-state index in [2.05, 4.69) is 50.4 Å². The monoisotopic (exact) mass is 349 g/mol. The first-order valence-electron chi connectivity index (χ1n) is 6.08. The van der Waals surface area contributed by atoms with Gasteiger partial charge in [-0.2, -0.15) is 4.98 Å². The van der Waals surface area contributed by atoms with Gasteiger partial charge in [0.1, 0.15) is 0 Å². The van der Waals surface area contributed by atoms with E-state index < -0.39 is 0 Å². The lowest BCUT2D eigenvalue weighted by molar-refractivity contribution is 0.384. The van der Waals surface area contributed by atoms with Crippen LogP contribution < -0.4 is 5.32 Å². The molecule has 0 unspecified atom stereocenters. The van der Waals surface area contributed by atoms with Gasteiger partial charge in [0.05, 0.1) is 11.4 Å². The van der Waals surface area contributed by atoms with E-state index in [1.807, 2.05) is 23.6 Å². The van der Waals surface area contributed by atoms with Crippen molar-refractivity contribution in [3.8, 4) is 10.7 Å². The molecular formula is C14H12BrN3OS. The maximum atomic E-state index is 5.25. The lowest BCUT2D eigenvalue weighted by Crippen LogP contribution is -1.99. The molecule has 0 saturated carbocycles. The van der Waals surface area contributed by atoms with Gasteiger partial charge in [0.25, 0.3) is 0 Å². The van der Waals surface area contributed by atoms with Crippen LogP contribution in [0.15, 0.2) is 44.7 Å². The summed E-state index contributed by atoms with van der Waals surface area (Å²) in [5.41, 5.74) is 2.26. The van der Waals surface area contributed by atoms with Gasteiger partial charge in [0.2, 0.25) is 11.7 Å². The van der Waals surface area contributed by atoms with Gasteiger partial charge >= 0.3 is 0 Å². The number of benzene rings is 1. The predicted molar refractivity (Wildman–Crippen MR) is 83.8 cm³/mol. The number of hydrogen-bond acceptors (Lipinski definition) is 5. The van der Waals surface area contributed by atoms with E-state index in [1.54, 1.807) is 11.3 Å². The summed E-state index contributed by atoms with van der Waals surface area (Å²) in [6, 6.07) is 10.1. The summed E-state index contributed by atoms with van der Waals surface area (Å²) in [5.74, 6) is 1.20. The third kappa shape index (κ3) is 3.08. The average Bonchev–Trinajstić information content (AvgIpc) is 3.05. The highest BCUT2D eigenvalue weighted by atomic mass is 79.9. The molecule has 0 aliphatic rings. The van der Waals surface area contributed by atoms with E-state index in [9.17, 15) is 0 Å². The first-order valence-corrected chi connectivity index (χ1v) is 7.75. The van der Waals surface area contributed by atoms with Crippen LogP contribution in [-0.4, -0.2) is 10.1 Å². The SMILES string of the molecule is Cc1cccc(NCc2nc(-c3cc(Br)cs3)no2)c1. The highest BCUT2D eigenvalue weighted by Crippen LogP contribution is 2.27. The third-order valence-electron chi connectivity index (χ3n) is 2.72. The van der Waals surface area contributed by atoms with Crippen molar-refractivity contribution < 1.29 is 4.52 Å². The molecule has 20 heavy (non-hydrogen) atoms. The van der Waals surface area contributed by atoms with E-state index in [0.717, 1.165) is 15.0 Å². The van der Waals surface area contributed by atoms with Crippen molar-refractivity contribution in [3.63, 3.8) is 0 Å². The first-order chi connectivity index (χ1) is 9.70. The van der Waals surface area contributed by atoms with Crippen LogP contribution in [0.3, 0.4) is 0 Å². The number of nitrogens with one attached hydrogen (secondary N) is 1. The molecular weight excluding hydrogens is 338 g/mol. The van der Waals surface area contributed by atoms with Gasteiger partial charge < -0.3 is 9.84 Å². The maximum absolute atomic E-state index is 5.25. The number of thiophene rings is 1. The van der Waals surface area contributed by atoms with E-state index in [0.29, 0.717) is 18.3 Å². The number of aryl methyl sites for hydroxylation is 1. The van der Waals surface area contributed by atoms with Gasteiger partial charge in [-0.15, -0.1) is 11.3 Å². The van der Waals surface area contributed by atoms with Gasteiger partial charge in [-0.25, -0.2) is 0 Å². The summed E-state index contributed by atoms with van der Waals surface area (Å²) in [6.45, 7) is 2.58. The number of hydrogen-bond donors (Lipinski definition) is 1. The molecule has 0 amide bonds. The standard InChI is InChI=1S/C14H12BrN3OS/c1-9-3-2-4-11(5-9)16-7-13-17-14(18-19-13)12-6-10(15)8-20-12/h2-6,8,16H,7H2,1H3. The van der Waals surface area contributed by atoms with Gasteiger partial charge in [-0.1, -0.05) is 17.3 Å². The molecule has 102 valence electrons. The Hall–Kier alpha value is -1.66. The summed E-state index contributed by atoms with van der Waals surface area (Å²) in [7, 11) is 0. The minimum Gasteiger partial charge on any atom is -0.376 e. The Bertz CT molecular complexity index is 723. The van der Waals surface area contributed by atoms with Gasteiger partial charge in [0.15, 0.2) is 0 Å². The fraction of sp³-hybridized carbons (Fsp3) is 0.143. The Labute approximate surface area is 129 Å². The van der Waals surface area contributed by atoms with Crippen molar-refractivity contribution in [2.75, 3.05) is 5.32 Å². The summed E-state index contributed by atoms with van der Waals surface area (Å²) in [6.07, 6.45) is 0. The molecule has 0 fully saturated rings. The van der Waals surface area contributed by atoms with Crippen molar-refractivity contribution in [2.24, 2.45) is 0 Å². The quantitative estimate of drug-likeness (QED) is 0.754. The lowest BCUT2D eigenvalue weighted by Gasteiger charge is -2.03. The lowest BCUT2D eigenvalue weighted by atomic mass is 10.2. The van der Waals surface area contributed by atoms with Crippen molar-refractivity contribution in [1.29, 1.82) is 0 Å². The van der Waals surface area contributed by atoms with Crippen LogP contribution in [0, 0.1) is 6.92 Å². The highest BCUT2D eigenvalue weighted by Gasteiger charge is 2.10. The smallest absolute Gasteiger partial charge is 0.246 e. The second kappa shape index (κ2) is 5.76. The molecule has 4 nitrogen and oxygen atoms in total. The van der Waals surface area contributed by atoms with E-state index in [-0.39, 0.29) is 0 Å². The Kier molecular flexibility index (Phi) is 3.84. The minimum atomic E-state index is 0.517. The molecule has 1 N–H and O–H groups in total. The predicted octanol–water partition coefficient (Wildman–Crippen LogP) is 4.48. The molecule has 0 bridgehead atoms. The fourth-order valence-electron chi connectivity index (χ4n) is 1.79. The first kappa shape index (κ1) is 13.3. The fourth-order valence-corrected chi connectivity index (χ4v) is 3.14. The Morgan fingerprint density at radius 3 is 3.00 bits per heavy atom. The average molecular weight is 350 g/mol. The van der Waals surface area contributed by atoms with Crippen LogP contribution in [-0.2, 0) is 6.54 Å². The number of anilines is 1. The van der Waals surface area contributed by atoms with Gasteiger partial charge in [0, 0.05) is 15.5 Å². The molecule has 0 aliphatic carbocycles. The van der Waals surface area contributed by atoms with Crippen molar-refractivity contribution in [1.82, 2.24) is 10.1 Å². The molecule has 3 rings (SSSR count). The maximum Gasteiger partial charge on any atom is 0.246 e. The van der Waals surface area contributed by atoms with Gasteiger partial charge in [-0.3, -0.25) is 0 Å². The van der Waals surface area contributed by atoms with Crippen LogP contribution in [0.1, 0.15) is 11.5 Å². The number of rotatable bonds is 4. The van der Waals surface area contributed by atoms with Crippen LogP contribution in [0.2, 0.25) is 0 Å². The molecule has 2 heterocycles. The normalized spacial score (nSPS) is 10.7. The van der Waals surface area contributed by atoms with Crippen molar-refractivity contribution >= 4 is 33.0 Å². The van der Waals surface area contributed by atoms with Crippen LogP contribution in [0.5, 0.6) is 0 Å². The molecule has 0 radical (unpaired) electrons. The summed E-state index contributed by atoms with van der Waals surface area (Å²) < 4.78 is 6.28. The molecule has 0 saturated heterocycles. The second-order valence-corrected chi connectivity index (χ2v) is 6.19. The van der Waals surface area contributed by atoms with Crippen molar-refractivity contribution in [3.05, 3.63) is 51.6 Å². The van der Waals surface area contributed by atoms with Gasteiger partial charge in [-0.05, 0) is 46.6 Å². The second-order valence-electron chi connectivity index (χ2n) is 4.36. The number of nitrogens with zero attached hydrogens (tertiary/aromatic N) is 2. The molecule has 0 aliphatic heterocycles. The van der Waals surface area contributed by atoms with Crippen molar-refractivity contribution in [2.45, 2.75) is 13.5 Å². The number of halogens is 1.